The zero-order valence-corrected chi connectivity index (χ0v) is 18.3. The van der Waals surface area contributed by atoms with Crippen molar-refractivity contribution < 1.29 is 17.9 Å². The Labute approximate surface area is 190 Å². The fourth-order valence-electron chi connectivity index (χ4n) is 3.15. The Bertz CT molecular complexity index is 1520. The van der Waals surface area contributed by atoms with Crippen LogP contribution in [0, 0.1) is 11.8 Å². The molecule has 0 aliphatic heterocycles. The van der Waals surface area contributed by atoms with Gasteiger partial charge in [0.1, 0.15) is 16.3 Å². The van der Waals surface area contributed by atoms with E-state index in [1.54, 1.807) is 48.5 Å². The third-order valence-corrected chi connectivity index (χ3v) is 6.13. The highest BCUT2D eigenvalue weighted by Gasteiger charge is 2.21. The highest BCUT2D eigenvalue weighted by Crippen LogP contribution is 2.30. The van der Waals surface area contributed by atoms with Crippen molar-refractivity contribution in [3.8, 4) is 17.6 Å². The van der Waals surface area contributed by atoms with Gasteiger partial charge in [-0.15, -0.1) is 0 Å². The average molecular weight is 458 g/mol. The predicted octanol–water partition coefficient (Wildman–Crippen LogP) is 2.94. The number of nitrogens with one attached hydrogen (secondary N) is 1. The minimum Gasteiger partial charge on any atom is -0.496 e. The molecule has 0 atom stereocenters. The molecular formula is C24H18N4O4S. The molecule has 4 rings (SSSR count). The van der Waals surface area contributed by atoms with Crippen LogP contribution in [0.5, 0.6) is 5.75 Å². The maximum atomic E-state index is 13.2. The fraction of sp³-hybridized carbons (Fsp3) is 0.0417. The number of anilines is 1. The first-order valence-corrected chi connectivity index (χ1v) is 11.2. The number of ether oxygens (including phenoxy) is 1. The molecule has 9 heteroatoms. The number of amides is 1. The standard InChI is InChI=1S/C24H18N4O4S/c1-32-21-12-13-22(23-18(21)6-4-14-26-23)33(30,31)28-19-7-3-2-5-17(19)10-8-16-9-11-20(24(25)29)27-15-16/h2-7,9,11-15,28H,1H3,(H2,25,29). The summed E-state index contributed by atoms with van der Waals surface area (Å²) < 4.78 is 34.4. The summed E-state index contributed by atoms with van der Waals surface area (Å²) in [4.78, 5) is 19.4. The zero-order valence-electron chi connectivity index (χ0n) is 17.4. The van der Waals surface area contributed by atoms with Crippen LogP contribution < -0.4 is 15.2 Å². The van der Waals surface area contributed by atoms with Gasteiger partial charge in [0.05, 0.1) is 18.3 Å². The van der Waals surface area contributed by atoms with E-state index < -0.39 is 15.9 Å². The highest BCUT2D eigenvalue weighted by molar-refractivity contribution is 7.93. The van der Waals surface area contributed by atoms with Crippen molar-refractivity contribution in [3.63, 3.8) is 0 Å². The molecule has 0 aliphatic carbocycles. The van der Waals surface area contributed by atoms with E-state index in [9.17, 15) is 13.2 Å². The molecule has 0 bridgehead atoms. The van der Waals surface area contributed by atoms with Gasteiger partial charge in [-0.25, -0.2) is 13.4 Å². The van der Waals surface area contributed by atoms with E-state index in [-0.39, 0.29) is 10.6 Å². The lowest BCUT2D eigenvalue weighted by Gasteiger charge is -2.13. The number of pyridine rings is 2. The van der Waals surface area contributed by atoms with Crippen LogP contribution in [0.4, 0.5) is 5.69 Å². The van der Waals surface area contributed by atoms with Gasteiger partial charge in [0.2, 0.25) is 0 Å². The van der Waals surface area contributed by atoms with E-state index in [0.717, 1.165) is 0 Å². The molecule has 8 nitrogen and oxygen atoms in total. The summed E-state index contributed by atoms with van der Waals surface area (Å²) in [6.07, 6.45) is 2.95. The molecule has 33 heavy (non-hydrogen) atoms. The number of hydrogen-bond donors (Lipinski definition) is 2. The second-order valence-corrected chi connectivity index (χ2v) is 8.51. The first kappa shape index (κ1) is 21.8. The maximum Gasteiger partial charge on any atom is 0.267 e. The molecule has 0 saturated heterocycles. The van der Waals surface area contributed by atoms with Crippen molar-refractivity contribution in [1.29, 1.82) is 0 Å². The number of aromatic nitrogens is 2. The Kier molecular flexibility index (Phi) is 5.93. The molecule has 3 N–H and O–H groups in total. The second-order valence-electron chi connectivity index (χ2n) is 6.86. The Morgan fingerprint density at radius 1 is 1.00 bits per heavy atom. The number of rotatable bonds is 5. The quantitative estimate of drug-likeness (QED) is 0.443. The lowest BCUT2D eigenvalue weighted by molar-refractivity contribution is 0.0995. The Morgan fingerprint density at radius 3 is 2.55 bits per heavy atom. The van der Waals surface area contributed by atoms with E-state index in [1.807, 2.05) is 0 Å². The predicted molar refractivity (Wildman–Crippen MR) is 124 cm³/mol. The van der Waals surface area contributed by atoms with Crippen LogP contribution in [0.1, 0.15) is 21.6 Å². The molecule has 0 fully saturated rings. The number of carbonyl (C=O) groups is 1. The number of sulfonamides is 1. The monoisotopic (exact) mass is 458 g/mol. The number of carbonyl (C=O) groups excluding carboxylic acids is 1. The van der Waals surface area contributed by atoms with Crippen LogP contribution >= 0.6 is 0 Å². The van der Waals surface area contributed by atoms with Gasteiger partial charge in [-0.2, -0.15) is 0 Å². The third kappa shape index (κ3) is 4.61. The van der Waals surface area contributed by atoms with Gasteiger partial charge in [0.15, 0.2) is 0 Å². The van der Waals surface area contributed by atoms with E-state index in [0.29, 0.717) is 33.5 Å². The van der Waals surface area contributed by atoms with Crippen molar-refractivity contribution in [1.82, 2.24) is 9.97 Å². The molecule has 4 aromatic rings. The summed E-state index contributed by atoms with van der Waals surface area (Å²) in [5, 5.41) is 0.586. The number of benzene rings is 2. The van der Waals surface area contributed by atoms with Crippen molar-refractivity contribution >= 4 is 32.5 Å². The van der Waals surface area contributed by atoms with E-state index in [4.69, 9.17) is 10.5 Å². The summed E-state index contributed by atoms with van der Waals surface area (Å²) in [7, 11) is -2.47. The van der Waals surface area contributed by atoms with Crippen molar-refractivity contribution in [3.05, 3.63) is 89.9 Å². The number of hydrogen-bond acceptors (Lipinski definition) is 6. The van der Waals surface area contributed by atoms with Crippen molar-refractivity contribution in [2.45, 2.75) is 4.90 Å². The molecule has 164 valence electrons. The number of primary amides is 1. The Balaban J connectivity index is 1.69. The van der Waals surface area contributed by atoms with Crippen LogP contribution in [0.15, 0.2) is 78.0 Å². The van der Waals surface area contributed by atoms with E-state index in [2.05, 4.69) is 26.5 Å². The summed E-state index contributed by atoms with van der Waals surface area (Å²) in [5.74, 6) is 5.75. The molecule has 2 aromatic heterocycles. The lowest BCUT2D eigenvalue weighted by atomic mass is 10.1. The molecule has 2 heterocycles. The fourth-order valence-corrected chi connectivity index (χ4v) is 4.39. The van der Waals surface area contributed by atoms with Crippen molar-refractivity contribution in [2.24, 2.45) is 5.73 Å². The summed E-state index contributed by atoms with van der Waals surface area (Å²) >= 11 is 0. The van der Waals surface area contributed by atoms with Gasteiger partial charge in [-0.05, 0) is 48.5 Å². The van der Waals surface area contributed by atoms with Crippen LogP contribution in [0.3, 0.4) is 0 Å². The van der Waals surface area contributed by atoms with Crippen LogP contribution in [0.2, 0.25) is 0 Å². The smallest absolute Gasteiger partial charge is 0.267 e. The van der Waals surface area contributed by atoms with Gasteiger partial charge in [0.25, 0.3) is 15.9 Å². The van der Waals surface area contributed by atoms with Crippen LogP contribution in [-0.4, -0.2) is 31.4 Å². The van der Waals surface area contributed by atoms with Gasteiger partial charge in [0, 0.05) is 28.9 Å². The first-order valence-electron chi connectivity index (χ1n) is 9.70. The van der Waals surface area contributed by atoms with Gasteiger partial charge < -0.3 is 10.5 Å². The number of nitrogens with two attached hydrogens (primary N) is 1. The molecule has 0 unspecified atom stereocenters. The number of methoxy groups -OCH3 is 1. The summed E-state index contributed by atoms with van der Waals surface area (Å²) in [6.45, 7) is 0. The van der Waals surface area contributed by atoms with Gasteiger partial charge in [-0.1, -0.05) is 24.0 Å². The number of para-hydroxylation sites is 1. The Hall–Kier alpha value is -4.42. The molecule has 2 aromatic carbocycles. The normalized spacial score (nSPS) is 10.8. The maximum absolute atomic E-state index is 13.2. The SMILES string of the molecule is COc1ccc(S(=O)(=O)Nc2ccccc2C#Cc2ccc(C(N)=O)nc2)c2ncccc12. The third-order valence-electron chi connectivity index (χ3n) is 4.73. The molecule has 1 amide bonds. The Morgan fingerprint density at radius 2 is 1.82 bits per heavy atom. The van der Waals surface area contributed by atoms with Gasteiger partial charge in [-0.3, -0.25) is 14.5 Å². The van der Waals surface area contributed by atoms with Crippen LogP contribution in [0.25, 0.3) is 10.9 Å². The minimum atomic E-state index is -3.99. The summed E-state index contributed by atoms with van der Waals surface area (Å²) in [5.41, 5.74) is 6.94. The largest absolute Gasteiger partial charge is 0.496 e. The van der Waals surface area contributed by atoms with Crippen LogP contribution in [-0.2, 0) is 10.0 Å². The minimum absolute atomic E-state index is 0.0212. The topological polar surface area (TPSA) is 124 Å². The molecule has 0 radical (unpaired) electrons. The lowest BCUT2D eigenvalue weighted by Crippen LogP contribution is -2.14. The highest BCUT2D eigenvalue weighted by atomic mass is 32.2. The molecule has 0 aliphatic rings. The molecule has 0 spiro atoms. The number of nitrogens with zero attached hydrogens (tertiary/aromatic N) is 2. The van der Waals surface area contributed by atoms with E-state index in [1.165, 1.54) is 31.6 Å². The second kappa shape index (κ2) is 8.98. The number of fused-ring (bicyclic) bond motifs is 1. The zero-order chi connectivity index (χ0) is 23.4. The summed E-state index contributed by atoms with van der Waals surface area (Å²) in [6, 6.07) is 16.4. The van der Waals surface area contributed by atoms with E-state index >= 15 is 0 Å². The first-order chi connectivity index (χ1) is 15.9. The molecular weight excluding hydrogens is 440 g/mol. The average Bonchev–Trinajstić information content (AvgIpc) is 2.82. The van der Waals surface area contributed by atoms with Gasteiger partial charge >= 0.3 is 0 Å². The van der Waals surface area contributed by atoms with Crippen molar-refractivity contribution in [2.75, 3.05) is 11.8 Å². The molecule has 0 saturated carbocycles.